The molecule has 6 nitrogen and oxygen atoms in total. The SMILES string of the molecule is COc1ccc(NC(N)=NCCc2csc(N3CCCC3)n2)cc1Cl.I. The van der Waals surface area contributed by atoms with E-state index in [0.717, 1.165) is 36.0 Å². The van der Waals surface area contributed by atoms with Crippen LogP contribution in [-0.4, -0.2) is 37.7 Å². The molecule has 0 radical (unpaired) electrons. The Labute approximate surface area is 179 Å². The number of rotatable bonds is 6. The van der Waals surface area contributed by atoms with Crippen molar-refractivity contribution in [1.29, 1.82) is 0 Å². The molecule has 1 saturated heterocycles. The molecule has 0 spiro atoms. The number of aromatic nitrogens is 1. The summed E-state index contributed by atoms with van der Waals surface area (Å²) in [7, 11) is 1.58. The van der Waals surface area contributed by atoms with Gasteiger partial charge in [-0.05, 0) is 31.0 Å². The van der Waals surface area contributed by atoms with Crippen molar-refractivity contribution in [3.8, 4) is 5.75 Å². The van der Waals surface area contributed by atoms with Crippen LogP contribution in [0, 0.1) is 0 Å². The number of ether oxygens (including phenoxy) is 1. The van der Waals surface area contributed by atoms with Crippen LogP contribution in [0.2, 0.25) is 5.02 Å². The Morgan fingerprint density at radius 3 is 2.88 bits per heavy atom. The van der Waals surface area contributed by atoms with Gasteiger partial charge in [-0.2, -0.15) is 0 Å². The molecule has 142 valence electrons. The lowest BCUT2D eigenvalue weighted by Gasteiger charge is -2.12. The minimum absolute atomic E-state index is 0. The number of hydrogen-bond donors (Lipinski definition) is 2. The molecular weight excluding hydrogens is 485 g/mol. The smallest absolute Gasteiger partial charge is 0.193 e. The summed E-state index contributed by atoms with van der Waals surface area (Å²) in [5, 5.41) is 6.79. The van der Waals surface area contributed by atoms with Gasteiger partial charge in [0.15, 0.2) is 11.1 Å². The number of nitrogens with zero attached hydrogens (tertiary/aromatic N) is 3. The number of halogens is 2. The molecule has 1 aliphatic heterocycles. The molecule has 0 bridgehead atoms. The predicted octanol–water partition coefficient (Wildman–Crippen LogP) is 3.99. The van der Waals surface area contributed by atoms with E-state index in [2.05, 4.69) is 25.6 Å². The predicted molar refractivity (Wildman–Crippen MR) is 121 cm³/mol. The molecule has 0 amide bonds. The number of methoxy groups -OCH3 is 1. The molecule has 0 saturated carbocycles. The highest BCUT2D eigenvalue weighted by molar-refractivity contribution is 14.0. The first-order valence-corrected chi connectivity index (χ1v) is 9.51. The van der Waals surface area contributed by atoms with Crippen molar-refractivity contribution in [2.24, 2.45) is 10.7 Å². The molecule has 9 heteroatoms. The van der Waals surface area contributed by atoms with E-state index in [-0.39, 0.29) is 24.0 Å². The highest BCUT2D eigenvalue weighted by atomic mass is 127. The lowest BCUT2D eigenvalue weighted by molar-refractivity contribution is 0.415. The second kappa shape index (κ2) is 10.2. The molecule has 0 atom stereocenters. The number of thiazole rings is 1. The van der Waals surface area contributed by atoms with Crippen molar-refractivity contribution in [3.63, 3.8) is 0 Å². The van der Waals surface area contributed by atoms with E-state index >= 15 is 0 Å². The van der Waals surface area contributed by atoms with Gasteiger partial charge >= 0.3 is 0 Å². The molecule has 2 aromatic rings. The van der Waals surface area contributed by atoms with Crippen molar-refractivity contribution in [1.82, 2.24) is 4.98 Å². The van der Waals surface area contributed by atoms with Gasteiger partial charge in [-0.3, -0.25) is 4.99 Å². The van der Waals surface area contributed by atoms with Crippen LogP contribution in [-0.2, 0) is 6.42 Å². The zero-order valence-corrected chi connectivity index (χ0v) is 18.5. The van der Waals surface area contributed by atoms with E-state index in [0.29, 0.717) is 23.3 Å². The minimum Gasteiger partial charge on any atom is -0.495 e. The summed E-state index contributed by atoms with van der Waals surface area (Å²) >= 11 is 7.80. The van der Waals surface area contributed by atoms with Crippen molar-refractivity contribution >= 4 is 63.7 Å². The summed E-state index contributed by atoms with van der Waals surface area (Å²) < 4.78 is 5.13. The number of nitrogens with one attached hydrogen (secondary N) is 1. The molecule has 1 fully saturated rings. The monoisotopic (exact) mass is 507 g/mol. The molecular formula is C17H23ClIN5OS. The average Bonchev–Trinajstić information content (AvgIpc) is 3.26. The van der Waals surface area contributed by atoms with Gasteiger partial charge in [-0.15, -0.1) is 35.3 Å². The van der Waals surface area contributed by atoms with Gasteiger partial charge in [-0.25, -0.2) is 4.98 Å². The van der Waals surface area contributed by atoms with E-state index in [4.69, 9.17) is 22.1 Å². The van der Waals surface area contributed by atoms with E-state index in [1.54, 1.807) is 30.6 Å². The summed E-state index contributed by atoms with van der Waals surface area (Å²) in [5.41, 5.74) is 7.77. The number of aliphatic imine (C=N–C) groups is 1. The van der Waals surface area contributed by atoms with Crippen LogP contribution in [0.3, 0.4) is 0 Å². The molecule has 1 aliphatic rings. The van der Waals surface area contributed by atoms with Gasteiger partial charge < -0.3 is 20.7 Å². The Kier molecular flexibility index (Phi) is 8.23. The van der Waals surface area contributed by atoms with Gasteiger partial charge in [0.1, 0.15) is 5.75 Å². The Morgan fingerprint density at radius 2 is 2.19 bits per heavy atom. The third kappa shape index (κ3) is 5.62. The van der Waals surface area contributed by atoms with Crippen molar-refractivity contribution in [2.45, 2.75) is 19.3 Å². The van der Waals surface area contributed by atoms with E-state index in [9.17, 15) is 0 Å². The van der Waals surface area contributed by atoms with Crippen LogP contribution in [0.5, 0.6) is 5.75 Å². The van der Waals surface area contributed by atoms with E-state index in [1.165, 1.54) is 12.8 Å². The summed E-state index contributed by atoms with van der Waals surface area (Å²) in [6.07, 6.45) is 3.30. The molecule has 0 aliphatic carbocycles. The first-order chi connectivity index (χ1) is 12.2. The lowest BCUT2D eigenvalue weighted by atomic mass is 10.3. The summed E-state index contributed by atoms with van der Waals surface area (Å²) in [4.78, 5) is 11.4. The highest BCUT2D eigenvalue weighted by Gasteiger charge is 2.15. The minimum atomic E-state index is 0. The summed E-state index contributed by atoms with van der Waals surface area (Å²) in [6, 6.07) is 5.38. The third-order valence-electron chi connectivity index (χ3n) is 3.99. The molecule has 3 rings (SSSR count). The normalized spacial score (nSPS) is 14.2. The third-order valence-corrected chi connectivity index (χ3v) is 5.24. The van der Waals surface area contributed by atoms with Crippen LogP contribution >= 0.6 is 46.9 Å². The van der Waals surface area contributed by atoms with Gasteiger partial charge in [0.2, 0.25) is 0 Å². The first kappa shape index (κ1) is 21.0. The number of benzene rings is 1. The van der Waals surface area contributed by atoms with Crippen LogP contribution in [0.1, 0.15) is 18.5 Å². The fourth-order valence-corrected chi connectivity index (χ4v) is 3.86. The Morgan fingerprint density at radius 1 is 1.42 bits per heavy atom. The number of guanidine groups is 1. The highest BCUT2D eigenvalue weighted by Crippen LogP contribution is 2.27. The molecule has 1 aromatic heterocycles. The molecule has 26 heavy (non-hydrogen) atoms. The maximum absolute atomic E-state index is 6.10. The fourth-order valence-electron chi connectivity index (χ4n) is 2.69. The average molecular weight is 508 g/mol. The van der Waals surface area contributed by atoms with Gasteiger partial charge in [0.05, 0.1) is 17.8 Å². The maximum atomic E-state index is 6.10. The summed E-state index contributed by atoms with van der Waals surface area (Å²) in [6.45, 7) is 2.82. The number of hydrogen-bond acceptors (Lipinski definition) is 5. The second-order valence-electron chi connectivity index (χ2n) is 5.81. The largest absolute Gasteiger partial charge is 0.495 e. The quantitative estimate of drug-likeness (QED) is 0.351. The zero-order chi connectivity index (χ0) is 17.6. The topological polar surface area (TPSA) is 75.8 Å². The maximum Gasteiger partial charge on any atom is 0.193 e. The van der Waals surface area contributed by atoms with E-state index in [1.807, 2.05) is 6.07 Å². The van der Waals surface area contributed by atoms with Gasteiger partial charge in [0.25, 0.3) is 0 Å². The van der Waals surface area contributed by atoms with E-state index < -0.39 is 0 Å². The second-order valence-corrected chi connectivity index (χ2v) is 7.05. The lowest BCUT2D eigenvalue weighted by Crippen LogP contribution is -2.23. The molecule has 1 aromatic carbocycles. The van der Waals surface area contributed by atoms with Gasteiger partial charge in [0, 0.05) is 37.1 Å². The molecule has 0 unspecified atom stereocenters. The van der Waals surface area contributed by atoms with Crippen molar-refractivity contribution in [2.75, 3.05) is 37.0 Å². The fraction of sp³-hybridized carbons (Fsp3) is 0.412. The number of anilines is 2. The van der Waals surface area contributed by atoms with Crippen LogP contribution in [0.15, 0.2) is 28.6 Å². The Hall–Kier alpha value is -1.26. The van der Waals surface area contributed by atoms with Gasteiger partial charge in [-0.1, -0.05) is 11.6 Å². The van der Waals surface area contributed by atoms with Crippen molar-refractivity contribution in [3.05, 3.63) is 34.3 Å². The van der Waals surface area contributed by atoms with Crippen LogP contribution in [0.25, 0.3) is 0 Å². The van der Waals surface area contributed by atoms with Crippen LogP contribution < -0.4 is 20.7 Å². The molecule has 2 heterocycles. The first-order valence-electron chi connectivity index (χ1n) is 8.25. The molecule has 3 N–H and O–H groups in total. The summed E-state index contributed by atoms with van der Waals surface area (Å²) in [5.74, 6) is 0.983. The standard InChI is InChI=1S/C17H22ClN5OS.HI/c1-24-15-5-4-12(10-14(15)18)21-16(19)20-7-6-13-11-25-17(22-13)23-8-2-3-9-23;/h4-5,10-11H,2-3,6-9H2,1H3,(H3,19,20,21);1H. The van der Waals surface area contributed by atoms with Crippen LogP contribution in [0.4, 0.5) is 10.8 Å². The zero-order valence-electron chi connectivity index (χ0n) is 14.6. The Balaban J connectivity index is 0.00000243. The number of nitrogens with two attached hydrogens (primary N) is 1. The Bertz CT molecular complexity index is 749. The van der Waals surface area contributed by atoms with Crippen molar-refractivity contribution < 1.29 is 4.74 Å².